The first-order valence-corrected chi connectivity index (χ1v) is 33.7. The molecule has 0 aliphatic carbocycles. The SMILES string of the molecule is CCCCCCCCCCCC/C=C/CC/C=C/C(O)C(COP(=O)([O-])OCC[N+](C)(C)C)NC(=O)CCCCCCCCCCCCCCCCCCCCCCCCCCCCCCCCCCCCC. The van der Waals surface area contributed by atoms with Crippen LogP contribution in [0, 0.1) is 0 Å². The van der Waals surface area contributed by atoms with E-state index in [1.54, 1.807) is 6.08 Å². The summed E-state index contributed by atoms with van der Waals surface area (Å²) in [5.41, 5.74) is 0. The number of hydrogen-bond donors (Lipinski definition) is 2. The molecule has 0 aromatic rings. The van der Waals surface area contributed by atoms with E-state index >= 15 is 0 Å². The molecular weight excluding hydrogens is 924 g/mol. The molecule has 2 N–H and O–H groups in total. The van der Waals surface area contributed by atoms with Crippen LogP contribution >= 0.6 is 7.82 Å². The first-order valence-electron chi connectivity index (χ1n) is 32.2. The second-order valence-electron chi connectivity index (χ2n) is 23.5. The van der Waals surface area contributed by atoms with Crippen LogP contribution in [0.25, 0.3) is 0 Å². The second-order valence-corrected chi connectivity index (χ2v) is 24.9. The van der Waals surface area contributed by atoms with Crippen molar-refractivity contribution in [3.63, 3.8) is 0 Å². The second kappa shape index (κ2) is 55.7. The van der Waals surface area contributed by atoms with Crippen molar-refractivity contribution in [2.45, 2.75) is 341 Å². The largest absolute Gasteiger partial charge is 0.756 e. The smallest absolute Gasteiger partial charge is 0.268 e. The van der Waals surface area contributed by atoms with Gasteiger partial charge in [0.15, 0.2) is 0 Å². The van der Waals surface area contributed by atoms with E-state index in [0.29, 0.717) is 17.4 Å². The van der Waals surface area contributed by atoms with Gasteiger partial charge < -0.3 is 28.8 Å². The molecule has 0 aliphatic rings. The maximum atomic E-state index is 13.0. The average molecular weight is 1050 g/mol. The molecule has 0 spiro atoms. The predicted octanol–water partition coefficient (Wildman–Crippen LogP) is 19.3. The number of carbonyl (C=O) groups excluding carboxylic acids is 1. The summed E-state index contributed by atoms with van der Waals surface area (Å²) < 4.78 is 23.3. The summed E-state index contributed by atoms with van der Waals surface area (Å²) in [6.07, 6.45) is 71.6. The van der Waals surface area contributed by atoms with Crippen molar-refractivity contribution < 1.29 is 32.9 Å². The van der Waals surface area contributed by atoms with Gasteiger partial charge in [0, 0.05) is 6.42 Å². The number of phosphoric ester groups is 1. The van der Waals surface area contributed by atoms with Crippen LogP contribution in [0.15, 0.2) is 24.3 Å². The third-order valence-electron chi connectivity index (χ3n) is 14.9. The Morgan fingerprint density at radius 3 is 1.11 bits per heavy atom. The Morgan fingerprint density at radius 2 is 0.767 bits per heavy atom. The van der Waals surface area contributed by atoms with Gasteiger partial charge in [0.2, 0.25) is 5.91 Å². The number of nitrogens with one attached hydrogen (secondary N) is 1. The summed E-state index contributed by atoms with van der Waals surface area (Å²) in [6.45, 7) is 4.67. The molecule has 9 heteroatoms. The average Bonchev–Trinajstić information content (AvgIpc) is 3.35. The molecule has 0 saturated heterocycles. The molecule has 0 saturated carbocycles. The zero-order chi connectivity index (χ0) is 53.5. The molecule has 0 bridgehead atoms. The summed E-state index contributed by atoms with van der Waals surface area (Å²) in [6, 6.07) is -0.900. The lowest BCUT2D eigenvalue weighted by Crippen LogP contribution is -2.45. The zero-order valence-corrected chi connectivity index (χ0v) is 50.5. The minimum atomic E-state index is -4.60. The van der Waals surface area contributed by atoms with Crippen LogP contribution in [-0.2, 0) is 18.4 Å². The molecule has 0 fully saturated rings. The lowest BCUT2D eigenvalue weighted by molar-refractivity contribution is -0.870. The number of hydrogen-bond acceptors (Lipinski definition) is 6. The Hall–Kier alpha value is -1.02. The van der Waals surface area contributed by atoms with E-state index in [4.69, 9.17) is 9.05 Å². The summed E-state index contributed by atoms with van der Waals surface area (Å²) in [5.74, 6) is -0.200. The highest BCUT2D eigenvalue weighted by Gasteiger charge is 2.23. The first kappa shape index (κ1) is 72.0. The number of aliphatic hydroxyl groups is 1. The predicted molar refractivity (Wildman–Crippen MR) is 316 cm³/mol. The summed E-state index contributed by atoms with van der Waals surface area (Å²) in [4.78, 5) is 25.5. The number of rotatable bonds is 60. The standard InChI is InChI=1S/C64H127N2O6P/c1-6-8-10-12-14-16-18-20-22-24-25-26-27-28-29-30-31-32-33-34-35-36-37-38-39-40-41-42-44-46-48-50-52-54-56-58-64(68)65-62(61-72-73(69,70)71-60-59-66(3,4)5)63(67)57-55-53-51-49-47-45-43-23-21-19-17-15-13-11-9-7-2/h47,49,55,57,62-63,67H,6-46,48,50-54,56,58-61H2,1-5H3,(H-,65,68,69,70)/b49-47+,57-55+. The fourth-order valence-electron chi connectivity index (χ4n) is 9.88. The number of allylic oxidation sites excluding steroid dienone is 3. The molecule has 8 nitrogen and oxygen atoms in total. The molecule has 0 aromatic heterocycles. The van der Waals surface area contributed by atoms with Gasteiger partial charge in [-0.05, 0) is 32.1 Å². The minimum absolute atomic E-state index is 0.00375. The van der Waals surface area contributed by atoms with Crippen molar-refractivity contribution in [2.75, 3.05) is 40.9 Å². The van der Waals surface area contributed by atoms with E-state index < -0.39 is 20.0 Å². The van der Waals surface area contributed by atoms with Crippen molar-refractivity contribution in [3.05, 3.63) is 24.3 Å². The van der Waals surface area contributed by atoms with Gasteiger partial charge in [-0.2, -0.15) is 0 Å². The van der Waals surface area contributed by atoms with E-state index in [1.807, 2.05) is 27.2 Å². The molecule has 0 aromatic carbocycles. The van der Waals surface area contributed by atoms with Gasteiger partial charge in [-0.15, -0.1) is 0 Å². The number of likely N-dealkylation sites (N-methyl/N-ethyl adjacent to an activating group) is 1. The van der Waals surface area contributed by atoms with Crippen molar-refractivity contribution in [2.24, 2.45) is 0 Å². The van der Waals surface area contributed by atoms with Crippen LogP contribution in [0.1, 0.15) is 328 Å². The number of nitrogens with zero attached hydrogens (tertiary/aromatic N) is 1. The monoisotopic (exact) mass is 1050 g/mol. The molecule has 73 heavy (non-hydrogen) atoms. The lowest BCUT2D eigenvalue weighted by atomic mass is 10.0. The van der Waals surface area contributed by atoms with Crippen LogP contribution in [0.2, 0.25) is 0 Å². The van der Waals surface area contributed by atoms with Crippen LogP contribution < -0.4 is 10.2 Å². The number of quaternary nitrogens is 1. The Balaban J connectivity index is 3.96. The maximum Gasteiger partial charge on any atom is 0.268 e. The molecule has 3 unspecified atom stereocenters. The normalized spacial score (nSPS) is 13.9. The Labute approximate surface area is 455 Å². The molecule has 434 valence electrons. The highest BCUT2D eigenvalue weighted by atomic mass is 31.2. The van der Waals surface area contributed by atoms with Gasteiger partial charge in [-0.3, -0.25) is 9.36 Å². The molecule has 0 rings (SSSR count). The Morgan fingerprint density at radius 1 is 0.466 bits per heavy atom. The minimum Gasteiger partial charge on any atom is -0.756 e. The molecule has 3 atom stereocenters. The highest BCUT2D eigenvalue weighted by Crippen LogP contribution is 2.38. The van der Waals surface area contributed by atoms with Crippen LogP contribution in [0.5, 0.6) is 0 Å². The number of amides is 1. The molecule has 0 heterocycles. The van der Waals surface area contributed by atoms with Gasteiger partial charge >= 0.3 is 0 Å². The highest BCUT2D eigenvalue weighted by molar-refractivity contribution is 7.45. The quantitative estimate of drug-likeness (QED) is 0.0272. The number of unbranched alkanes of at least 4 members (excludes halogenated alkanes) is 45. The van der Waals surface area contributed by atoms with Crippen LogP contribution in [0.4, 0.5) is 0 Å². The van der Waals surface area contributed by atoms with E-state index in [0.717, 1.165) is 38.5 Å². The zero-order valence-electron chi connectivity index (χ0n) is 49.6. The van der Waals surface area contributed by atoms with Gasteiger partial charge in [0.05, 0.1) is 39.9 Å². The van der Waals surface area contributed by atoms with Crippen molar-refractivity contribution in [1.82, 2.24) is 5.32 Å². The van der Waals surface area contributed by atoms with Gasteiger partial charge in [-0.25, -0.2) is 0 Å². The van der Waals surface area contributed by atoms with Gasteiger partial charge in [0.25, 0.3) is 7.82 Å². The fraction of sp³-hybridized carbons (Fsp3) is 0.922. The Bertz CT molecular complexity index is 1240. The third-order valence-corrected chi connectivity index (χ3v) is 15.9. The van der Waals surface area contributed by atoms with Gasteiger partial charge in [-0.1, -0.05) is 314 Å². The summed E-state index contributed by atoms with van der Waals surface area (Å²) in [5, 5.41) is 13.9. The van der Waals surface area contributed by atoms with Crippen molar-refractivity contribution in [1.29, 1.82) is 0 Å². The third kappa shape index (κ3) is 58.5. The van der Waals surface area contributed by atoms with E-state index in [-0.39, 0.29) is 19.1 Å². The first-order chi connectivity index (χ1) is 35.5. The lowest BCUT2D eigenvalue weighted by Gasteiger charge is -2.29. The van der Waals surface area contributed by atoms with Crippen LogP contribution in [-0.4, -0.2) is 68.5 Å². The van der Waals surface area contributed by atoms with Crippen LogP contribution in [0.3, 0.4) is 0 Å². The topological polar surface area (TPSA) is 108 Å². The summed E-state index contributed by atoms with van der Waals surface area (Å²) >= 11 is 0. The number of phosphoric acid groups is 1. The van der Waals surface area contributed by atoms with Crippen molar-refractivity contribution >= 4 is 13.7 Å². The molecular formula is C64H127N2O6P. The molecule has 1 amide bonds. The van der Waals surface area contributed by atoms with E-state index in [2.05, 4.69) is 31.3 Å². The van der Waals surface area contributed by atoms with Gasteiger partial charge in [0.1, 0.15) is 13.2 Å². The van der Waals surface area contributed by atoms with E-state index in [1.165, 1.54) is 270 Å². The maximum absolute atomic E-state index is 13.0. The van der Waals surface area contributed by atoms with Crippen molar-refractivity contribution in [3.8, 4) is 0 Å². The fourth-order valence-corrected chi connectivity index (χ4v) is 10.6. The Kier molecular flexibility index (Phi) is 54.9. The molecule has 0 aliphatic heterocycles. The number of aliphatic hydroxyl groups excluding tert-OH is 1. The van der Waals surface area contributed by atoms with E-state index in [9.17, 15) is 19.4 Å². The number of carbonyl (C=O) groups is 1. The summed E-state index contributed by atoms with van der Waals surface area (Å²) in [7, 11) is 1.26. The molecule has 0 radical (unpaired) electrons.